The van der Waals surface area contributed by atoms with Gasteiger partial charge in [-0.15, -0.1) is 0 Å². The van der Waals surface area contributed by atoms with Crippen molar-refractivity contribution in [2.75, 3.05) is 7.11 Å². The summed E-state index contributed by atoms with van der Waals surface area (Å²) in [6, 6.07) is 7.83. The molecular weight excluding hydrogens is 212 g/mol. The number of phenols is 1. The van der Waals surface area contributed by atoms with Gasteiger partial charge in [-0.3, -0.25) is 0 Å². The molecule has 2 heteroatoms. The lowest BCUT2D eigenvalue weighted by Crippen LogP contribution is -1.98. The molecule has 0 atom stereocenters. The molecule has 90 valence electrons. The number of ether oxygens (including phenoxy) is 1. The van der Waals surface area contributed by atoms with Gasteiger partial charge in [-0.05, 0) is 12.8 Å². The number of benzene rings is 2. The van der Waals surface area contributed by atoms with Crippen LogP contribution in [0.25, 0.3) is 10.8 Å². The quantitative estimate of drug-likeness (QED) is 0.871. The molecule has 0 aliphatic carbocycles. The van der Waals surface area contributed by atoms with Crippen LogP contribution in [-0.2, 0) is 12.8 Å². The molecule has 2 aromatic rings. The van der Waals surface area contributed by atoms with E-state index in [1.165, 1.54) is 0 Å². The van der Waals surface area contributed by atoms with Gasteiger partial charge in [0.25, 0.3) is 0 Å². The second kappa shape index (κ2) is 4.66. The highest BCUT2D eigenvalue weighted by molar-refractivity contribution is 5.95. The van der Waals surface area contributed by atoms with Crippen molar-refractivity contribution in [3.63, 3.8) is 0 Å². The standard InChI is InChI=1S/C15H18O2/c1-4-10-11(5-2)15(17-3)13-9-7-6-8-12(13)14(10)16/h6-9,16H,4-5H2,1-3H3. The minimum Gasteiger partial charge on any atom is -0.507 e. The van der Waals surface area contributed by atoms with Crippen molar-refractivity contribution in [2.45, 2.75) is 26.7 Å². The molecule has 2 aromatic carbocycles. The molecule has 0 radical (unpaired) electrons. The van der Waals surface area contributed by atoms with Crippen LogP contribution in [0.5, 0.6) is 11.5 Å². The number of hydrogen-bond donors (Lipinski definition) is 1. The van der Waals surface area contributed by atoms with Crippen molar-refractivity contribution in [3.05, 3.63) is 35.4 Å². The monoisotopic (exact) mass is 230 g/mol. The number of fused-ring (bicyclic) bond motifs is 1. The van der Waals surface area contributed by atoms with Gasteiger partial charge in [-0.1, -0.05) is 38.1 Å². The van der Waals surface area contributed by atoms with Gasteiger partial charge in [0, 0.05) is 21.9 Å². The largest absolute Gasteiger partial charge is 0.507 e. The van der Waals surface area contributed by atoms with E-state index in [-0.39, 0.29) is 0 Å². The van der Waals surface area contributed by atoms with Crippen LogP contribution in [0.3, 0.4) is 0 Å². The van der Waals surface area contributed by atoms with Gasteiger partial charge in [0.1, 0.15) is 11.5 Å². The number of aromatic hydroxyl groups is 1. The third-order valence-corrected chi connectivity index (χ3v) is 3.26. The molecule has 2 rings (SSSR count). The molecule has 0 saturated carbocycles. The summed E-state index contributed by atoms with van der Waals surface area (Å²) in [4.78, 5) is 0. The van der Waals surface area contributed by atoms with Gasteiger partial charge in [-0.2, -0.15) is 0 Å². The Bertz CT molecular complexity index is 544. The summed E-state index contributed by atoms with van der Waals surface area (Å²) in [6.45, 7) is 4.15. The molecule has 0 saturated heterocycles. The van der Waals surface area contributed by atoms with Crippen LogP contribution in [0.1, 0.15) is 25.0 Å². The summed E-state index contributed by atoms with van der Waals surface area (Å²) in [6.07, 6.45) is 1.68. The minimum absolute atomic E-state index is 0.403. The average molecular weight is 230 g/mol. The van der Waals surface area contributed by atoms with Gasteiger partial charge in [0.15, 0.2) is 0 Å². The Balaban J connectivity index is 2.93. The molecule has 0 amide bonds. The fourth-order valence-electron chi connectivity index (χ4n) is 2.48. The van der Waals surface area contributed by atoms with Gasteiger partial charge >= 0.3 is 0 Å². The fourth-order valence-corrected chi connectivity index (χ4v) is 2.48. The second-order valence-electron chi connectivity index (χ2n) is 4.09. The van der Waals surface area contributed by atoms with Gasteiger partial charge < -0.3 is 9.84 Å². The van der Waals surface area contributed by atoms with Gasteiger partial charge in [0.05, 0.1) is 7.11 Å². The molecular formula is C15H18O2. The van der Waals surface area contributed by atoms with E-state index in [1.54, 1.807) is 7.11 Å². The molecule has 1 N–H and O–H groups in total. The Morgan fingerprint density at radius 3 is 2.12 bits per heavy atom. The number of phenolic OH excluding ortho intramolecular Hbond substituents is 1. The maximum atomic E-state index is 10.3. The molecule has 0 aliphatic rings. The van der Waals surface area contributed by atoms with Crippen LogP contribution in [-0.4, -0.2) is 12.2 Å². The first-order chi connectivity index (χ1) is 8.24. The van der Waals surface area contributed by atoms with E-state index in [1.807, 2.05) is 24.3 Å². The van der Waals surface area contributed by atoms with Crippen molar-refractivity contribution in [2.24, 2.45) is 0 Å². The zero-order chi connectivity index (χ0) is 12.4. The summed E-state index contributed by atoms with van der Waals surface area (Å²) in [5, 5.41) is 12.2. The fraction of sp³-hybridized carbons (Fsp3) is 0.333. The normalized spacial score (nSPS) is 10.8. The molecule has 0 unspecified atom stereocenters. The molecule has 0 aromatic heterocycles. The highest BCUT2D eigenvalue weighted by Gasteiger charge is 2.16. The Morgan fingerprint density at radius 2 is 1.59 bits per heavy atom. The number of hydrogen-bond acceptors (Lipinski definition) is 2. The minimum atomic E-state index is 0.403. The Morgan fingerprint density at radius 1 is 1.00 bits per heavy atom. The van der Waals surface area contributed by atoms with E-state index in [4.69, 9.17) is 4.74 Å². The highest BCUT2D eigenvalue weighted by atomic mass is 16.5. The summed E-state index contributed by atoms with van der Waals surface area (Å²) in [5.41, 5.74) is 2.12. The van der Waals surface area contributed by atoms with E-state index in [0.29, 0.717) is 5.75 Å². The van der Waals surface area contributed by atoms with Crippen LogP contribution in [0, 0.1) is 0 Å². The Hall–Kier alpha value is -1.70. The highest BCUT2D eigenvalue weighted by Crippen LogP contribution is 2.40. The van der Waals surface area contributed by atoms with E-state index in [9.17, 15) is 5.11 Å². The Labute approximate surface area is 102 Å². The van der Waals surface area contributed by atoms with E-state index < -0.39 is 0 Å². The molecule has 0 heterocycles. The first kappa shape index (κ1) is 11.8. The van der Waals surface area contributed by atoms with Crippen molar-refractivity contribution in [1.29, 1.82) is 0 Å². The van der Waals surface area contributed by atoms with E-state index in [0.717, 1.165) is 40.5 Å². The molecule has 0 fully saturated rings. The smallest absolute Gasteiger partial charge is 0.130 e. The summed E-state index contributed by atoms with van der Waals surface area (Å²) >= 11 is 0. The third-order valence-electron chi connectivity index (χ3n) is 3.26. The van der Waals surface area contributed by atoms with Crippen LogP contribution >= 0.6 is 0 Å². The Kier molecular flexibility index (Phi) is 3.23. The van der Waals surface area contributed by atoms with E-state index in [2.05, 4.69) is 13.8 Å². The maximum Gasteiger partial charge on any atom is 0.130 e. The predicted molar refractivity (Wildman–Crippen MR) is 70.9 cm³/mol. The predicted octanol–water partition coefficient (Wildman–Crippen LogP) is 3.68. The first-order valence-electron chi connectivity index (χ1n) is 6.03. The maximum absolute atomic E-state index is 10.3. The van der Waals surface area contributed by atoms with Crippen LogP contribution in [0.2, 0.25) is 0 Å². The molecule has 0 spiro atoms. The molecule has 17 heavy (non-hydrogen) atoms. The van der Waals surface area contributed by atoms with E-state index >= 15 is 0 Å². The topological polar surface area (TPSA) is 29.5 Å². The average Bonchev–Trinajstić information content (AvgIpc) is 2.38. The van der Waals surface area contributed by atoms with Crippen molar-refractivity contribution in [3.8, 4) is 11.5 Å². The summed E-state index contributed by atoms with van der Waals surface area (Å²) in [5.74, 6) is 1.30. The molecule has 0 bridgehead atoms. The number of rotatable bonds is 3. The lowest BCUT2D eigenvalue weighted by molar-refractivity contribution is 0.412. The van der Waals surface area contributed by atoms with Crippen LogP contribution < -0.4 is 4.74 Å². The van der Waals surface area contributed by atoms with Crippen LogP contribution in [0.15, 0.2) is 24.3 Å². The number of methoxy groups -OCH3 is 1. The van der Waals surface area contributed by atoms with Crippen LogP contribution in [0.4, 0.5) is 0 Å². The zero-order valence-corrected chi connectivity index (χ0v) is 10.6. The molecule has 2 nitrogen and oxygen atoms in total. The van der Waals surface area contributed by atoms with Crippen molar-refractivity contribution >= 4 is 10.8 Å². The molecule has 0 aliphatic heterocycles. The van der Waals surface area contributed by atoms with Crippen molar-refractivity contribution in [1.82, 2.24) is 0 Å². The first-order valence-corrected chi connectivity index (χ1v) is 6.03. The summed E-state index contributed by atoms with van der Waals surface area (Å²) in [7, 11) is 1.69. The third kappa shape index (κ3) is 1.74. The van der Waals surface area contributed by atoms with Gasteiger partial charge in [0.2, 0.25) is 0 Å². The zero-order valence-electron chi connectivity index (χ0n) is 10.6. The second-order valence-corrected chi connectivity index (χ2v) is 4.09. The van der Waals surface area contributed by atoms with Gasteiger partial charge in [-0.25, -0.2) is 0 Å². The SMILES string of the molecule is CCc1c(CC)c(OC)c2ccccc2c1O. The lowest BCUT2D eigenvalue weighted by atomic mass is 9.95. The lowest BCUT2D eigenvalue weighted by Gasteiger charge is -2.17. The summed E-state index contributed by atoms with van der Waals surface area (Å²) < 4.78 is 5.54. The van der Waals surface area contributed by atoms with Crippen molar-refractivity contribution < 1.29 is 9.84 Å².